The molecular formula is C30H35BrClN5O4. The Balaban J connectivity index is 1.81. The normalized spacial score (nSPS) is 11.1. The Morgan fingerprint density at radius 1 is 1.07 bits per heavy atom. The lowest BCUT2D eigenvalue weighted by Gasteiger charge is -2.24. The fourth-order valence-corrected chi connectivity index (χ4v) is 5.32. The van der Waals surface area contributed by atoms with Crippen LogP contribution in [0.15, 0.2) is 46.9 Å². The number of methoxy groups -OCH3 is 3. The smallest absolute Gasteiger partial charge is 0.255 e. The van der Waals surface area contributed by atoms with Crippen LogP contribution in [0.5, 0.6) is 17.2 Å². The van der Waals surface area contributed by atoms with E-state index in [0.29, 0.717) is 47.4 Å². The van der Waals surface area contributed by atoms with Gasteiger partial charge in [-0.05, 0) is 54.8 Å². The van der Waals surface area contributed by atoms with Gasteiger partial charge in [0.25, 0.3) is 5.91 Å². The molecule has 0 aliphatic rings. The van der Waals surface area contributed by atoms with Crippen molar-refractivity contribution in [3.63, 3.8) is 0 Å². The lowest BCUT2D eigenvalue weighted by molar-refractivity contribution is 0.0733. The summed E-state index contributed by atoms with van der Waals surface area (Å²) in [4.78, 5) is 20.8. The predicted molar refractivity (Wildman–Crippen MR) is 165 cm³/mol. The van der Waals surface area contributed by atoms with Gasteiger partial charge in [-0.15, -0.1) is 5.10 Å². The summed E-state index contributed by atoms with van der Waals surface area (Å²) in [6.45, 7) is 5.04. The molecule has 0 fully saturated rings. The predicted octanol–water partition coefficient (Wildman–Crippen LogP) is 6.49. The number of hydrogen-bond acceptors (Lipinski definition) is 7. The highest BCUT2D eigenvalue weighted by Gasteiger charge is 2.26. The average Bonchev–Trinajstić information content (AvgIpc) is 3.30. The summed E-state index contributed by atoms with van der Waals surface area (Å²) in [7, 11) is 6.50. The zero-order valence-electron chi connectivity index (χ0n) is 24.1. The Labute approximate surface area is 253 Å². The van der Waals surface area contributed by atoms with Crippen LogP contribution in [0.3, 0.4) is 0 Å². The molecule has 41 heavy (non-hydrogen) atoms. The average molecular weight is 645 g/mol. The van der Waals surface area contributed by atoms with E-state index >= 15 is 0 Å². The number of carbonyl (C=O) groups excluding carboxylic acids is 1. The van der Waals surface area contributed by atoms with Crippen molar-refractivity contribution >= 4 is 44.9 Å². The van der Waals surface area contributed by atoms with Crippen LogP contribution in [0.25, 0.3) is 5.65 Å². The van der Waals surface area contributed by atoms with Crippen molar-refractivity contribution in [2.45, 2.75) is 33.2 Å². The summed E-state index contributed by atoms with van der Waals surface area (Å²) in [6.07, 6.45) is 1.30. The highest BCUT2D eigenvalue weighted by Crippen LogP contribution is 2.38. The molecule has 2 heterocycles. The van der Waals surface area contributed by atoms with Crippen molar-refractivity contribution < 1.29 is 19.0 Å². The fourth-order valence-electron chi connectivity index (χ4n) is 4.60. The van der Waals surface area contributed by atoms with Gasteiger partial charge in [-0.2, -0.15) is 0 Å². The molecule has 4 aromatic rings. The molecule has 2 aromatic heterocycles. The molecule has 11 heteroatoms. The number of anilines is 1. The number of ether oxygens (including phenoxy) is 3. The maximum Gasteiger partial charge on any atom is 0.255 e. The van der Waals surface area contributed by atoms with Crippen molar-refractivity contribution in [2.24, 2.45) is 5.92 Å². The number of fused-ring (bicyclic) bond motifs is 1. The number of hydrogen-bond donors (Lipinski definition) is 1. The topological polar surface area (TPSA) is 90.2 Å². The van der Waals surface area contributed by atoms with Gasteiger partial charge in [-0.3, -0.25) is 4.79 Å². The zero-order valence-corrected chi connectivity index (χ0v) is 26.5. The number of nitrogens with one attached hydrogen (secondary N) is 1. The molecule has 0 radical (unpaired) electrons. The van der Waals surface area contributed by atoms with Gasteiger partial charge < -0.3 is 24.4 Å². The number of imidazole rings is 1. The van der Waals surface area contributed by atoms with Gasteiger partial charge in [0.1, 0.15) is 11.6 Å². The first-order valence-electron chi connectivity index (χ1n) is 13.3. The van der Waals surface area contributed by atoms with Gasteiger partial charge >= 0.3 is 0 Å². The van der Waals surface area contributed by atoms with E-state index in [1.54, 1.807) is 24.1 Å². The largest absolute Gasteiger partial charge is 0.496 e. The molecule has 1 N–H and O–H groups in total. The van der Waals surface area contributed by atoms with Gasteiger partial charge in [-0.25, -0.2) is 9.50 Å². The van der Waals surface area contributed by atoms with E-state index in [2.05, 4.69) is 35.1 Å². The molecule has 2 aromatic carbocycles. The van der Waals surface area contributed by atoms with Crippen LogP contribution in [-0.2, 0) is 13.0 Å². The number of nitrogens with zero attached hydrogens (tertiary/aromatic N) is 4. The molecule has 0 unspecified atom stereocenters. The summed E-state index contributed by atoms with van der Waals surface area (Å²) in [5, 5.41) is 8.07. The molecule has 0 aliphatic heterocycles. The maximum absolute atomic E-state index is 14.0. The second-order valence-electron chi connectivity index (χ2n) is 9.95. The first-order chi connectivity index (χ1) is 19.7. The zero-order chi connectivity index (χ0) is 29.7. The number of carbonyl (C=O) groups is 1. The lowest BCUT2D eigenvalue weighted by Crippen LogP contribution is -2.33. The highest BCUT2D eigenvalue weighted by molar-refractivity contribution is 9.10. The lowest BCUT2D eigenvalue weighted by atomic mass is 10.1. The van der Waals surface area contributed by atoms with Crippen LogP contribution in [0, 0.1) is 5.92 Å². The Bertz CT molecular complexity index is 1540. The minimum absolute atomic E-state index is 0.209. The van der Waals surface area contributed by atoms with E-state index in [1.807, 2.05) is 41.9 Å². The molecule has 4 rings (SSSR count). The molecule has 0 saturated heterocycles. The Hall–Kier alpha value is -3.50. The Morgan fingerprint density at radius 3 is 2.46 bits per heavy atom. The number of amides is 1. The number of aromatic nitrogens is 3. The second-order valence-corrected chi connectivity index (χ2v) is 11.2. The summed E-state index contributed by atoms with van der Waals surface area (Å²) >= 11 is 10.3. The first-order valence-corrected chi connectivity index (χ1v) is 14.4. The standard InChI is InChI=1S/C30H35BrClN5O4/c1-18(2)13-14-36(30(38)21-8-10-25(40-5)29(41-6)28(21)32)17-22-23(16-19-15-20(31)7-9-24(19)39-4)37-27(34-22)12-11-26(33-3)35-37/h7-12,15,18H,13-14,16-17H2,1-6H3,(H,33,35). The summed E-state index contributed by atoms with van der Waals surface area (Å²) < 4.78 is 19.2. The van der Waals surface area contributed by atoms with Crippen molar-refractivity contribution in [1.29, 1.82) is 0 Å². The van der Waals surface area contributed by atoms with Crippen LogP contribution in [0.1, 0.15) is 47.6 Å². The molecule has 0 atom stereocenters. The Morgan fingerprint density at radius 2 is 1.80 bits per heavy atom. The third-order valence-electron chi connectivity index (χ3n) is 6.83. The molecular weight excluding hydrogens is 610 g/mol. The third-order valence-corrected chi connectivity index (χ3v) is 7.70. The number of rotatable bonds is 12. The molecule has 0 saturated carbocycles. The summed E-state index contributed by atoms with van der Waals surface area (Å²) in [6, 6.07) is 13.0. The van der Waals surface area contributed by atoms with Gasteiger partial charge in [0.05, 0.1) is 49.8 Å². The molecule has 0 spiro atoms. The Kier molecular flexibility index (Phi) is 9.99. The third kappa shape index (κ3) is 6.70. The van der Waals surface area contributed by atoms with E-state index in [4.69, 9.17) is 35.9 Å². The monoisotopic (exact) mass is 643 g/mol. The maximum atomic E-state index is 14.0. The van der Waals surface area contributed by atoms with Crippen LogP contribution < -0.4 is 19.5 Å². The van der Waals surface area contributed by atoms with E-state index < -0.39 is 0 Å². The van der Waals surface area contributed by atoms with Gasteiger partial charge in [-0.1, -0.05) is 41.4 Å². The van der Waals surface area contributed by atoms with E-state index in [-0.39, 0.29) is 17.5 Å². The first kappa shape index (κ1) is 30.5. The van der Waals surface area contributed by atoms with E-state index in [9.17, 15) is 4.79 Å². The molecule has 0 bridgehead atoms. The number of benzene rings is 2. The van der Waals surface area contributed by atoms with E-state index in [1.165, 1.54) is 14.2 Å². The van der Waals surface area contributed by atoms with Crippen LogP contribution in [0.2, 0.25) is 5.02 Å². The van der Waals surface area contributed by atoms with Crippen molar-refractivity contribution in [3.05, 3.63) is 74.5 Å². The van der Waals surface area contributed by atoms with Crippen molar-refractivity contribution in [3.8, 4) is 17.2 Å². The highest BCUT2D eigenvalue weighted by atomic mass is 79.9. The minimum atomic E-state index is -0.219. The second kappa shape index (κ2) is 13.4. The SMILES string of the molecule is CNc1ccc2nc(CN(CCC(C)C)C(=O)c3ccc(OC)c(OC)c3Cl)c(Cc3cc(Br)ccc3OC)n2n1. The van der Waals surface area contributed by atoms with E-state index in [0.717, 1.165) is 33.6 Å². The minimum Gasteiger partial charge on any atom is -0.496 e. The number of halogens is 2. The molecule has 0 aliphatic carbocycles. The van der Waals surface area contributed by atoms with Crippen LogP contribution >= 0.6 is 27.5 Å². The quantitative estimate of drug-likeness (QED) is 0.189. The van der Waals surface area contributed by atoms with Gasteiger partial charge in [0.2, 0.25) is 0 Å². The summed E-state index contributed by atoms with van der Waals surface area (Å²) in [5.74, 6) is 2.40. The summed E-state index contributed by atoms with van der Waals surface area (Å²) in [5.41, 5.74) is 3.58. The van der Waals surface area contributed by atoms with Crippen molar-refractivity contribution in [2.75, 3.05) is 40.2 Å². The fraction of sp³-hybridized carbons (Fsp3) is 0.367. The molecule has 218 valence electrons. The van der Waals surface area contributed by atoms with Gasteiger partial charge in [0, 0.05) is 30.0 Å². The van der Waals surface area contributed by atoms with Crippen molar-refractivity contribution in [1.82, 2.24) is 19.5 Å². The molecule has 1 amide bonds. The molecule has 9 nitrogen and oxygen atoms in total. The van der Waals surface area contributed by atoms with Crippen LogP contribution in [-0.4, -0.2) is 60.3 Å². The van der Waals surface area contributed by atoms with Gasteiger partial charge in [0.15, 0.2) is 17.1 Å². The van der Waals surface area contributed by atoms with Crippen LogP contribution in [0.4, 0.5) is 5.82 Å².